The highest BCUT2D eigenvalue weighted by Crippen LogP contribution is 2.39. The van der Waals surface area contributed by atoms with Crippen LogP contribution in [-0.2, 0) is 4.74 Å². The Bertz CT molecular complexity index is 244. The van der Waals surface area contributed by atoms with Crippen molar-refractivity contribution in [3.8, 4) is 0 Å². The maximum absolute atomic E-state index is 5.32. The number of nitrogens with one attached hydrogen (secondary N) is 1. The van der Waals surface area contributed by atoms with Crippen molar-refractivity contribution in [3.63, 3.8) is 0 Å². The van der Waals surface area contributed by atoms with Crippen LogP contribution in [0.1, 0.15) is 59.3 Å². The van der Waals surface area contributed by atoms with Crippen molar-refractivity contribution in [2.45, 2.75) is 71.4 Å². The molecule has 0 spiro atoms. The van der Waals surface area contributed by atoms with E-state index in [1.165, 1.54) is 45.1 Å². The Kier molecular flexibility index (Phi) is 4.71. The fraction of sp³-hybridized carbons (Fsp3) is 1.00. The predicted octanol–water partition coefficient (Wildman–Crippen LogP) is 3.61. The summed E-state index contributed by atoms with van der Waals surface area (Å²) in [6, 6.07) is 0.732. The van der Waals surface area contributed by atoms with Crippen molar-refractivity contribution in [1.29, 1.82) is 0 Å². The van der Waals surface area contributed by atoms with Gasteiger partial charge in [0.15, 0.2) is 0 Å². The van der Waals surface area contributed by atoms with E-state index in [2.05, 4.69) is 26.1 Å². The van der Waals surface area contributed by atoms with Gasteiger partial charge in [-0.2, -0.15) is 0 Å². The van der Waals surface area contributed by atoms with Gasteiger partial charge in [-0.15, -0.1) is 0 Å². The van der Waals surface area contributed by atoms with Crippen molar-refractivity contribution in [3.05, 3.63) is 0 Å². The molecule has 0 bridgehead atoms. The van der Waals surface area contributed by atoms with Gasteiger partial charge in [0.05, 0.1) is 6.10 Å². The summed E-state index contributed by atoms with van der Waals surface area (Å²) >= 11 is 0. The van der Waals surface area contributed by atoms with Gasteiger partial charge < -0.3 is 10.1 Å². The van der Waals surface area contributed by atoms with Crippen LogP contribution in [0, 0.1) is 17.3 Å². The first-order valence-corrected chi connectivity index (χ1v) is 7.75. The summed E-state index contributed by atoms with van der Waals surface area (Å²) in [4.78, 5) is 0. The Balaban J connectivity index is 1.60. The van der Waals surface area contributed by atoms with Gasteiger partial charge in [-0.3, -0.25) is 0 Å². The average molecular weight is 253 g/mol. The van der Waals surface area contributed by atoms with Gasteiger partial charge in [-0.05, 0) is 62.3 Å². The molecule has 2 heteroatoms. The van der Waals surface area contributed by atoms with Gasteiger partial charge in [0, 0.05) is 13.2 Å². The summed E-state index contributed by atoms with van der Waals surface area (Å²) in [5.41, 5.74) is 0.512. The first-order chi connectivity index (χ1) is 8.49. The first-order valence-electron chi connectivity index (χ1n) is 7.75. The molecule has 0 radical (unpaired) electrons. The Morgan fingerprint density at radius 2 is 1.67 bits per heavy atom. The second-order valence-electron chi connectivity index (χ2n) is 7.52. The highest BCUT2D eigenvalue weighted by atomic mass is 16.5. The molecule has 0 aliphatic heterocycles. The van der Waals surface area contributed by atoms with Crippen LogP contribution in [0.15, 0.2) is 0 Å². The van der Waals surface area contributed by atoms with Crippen molar-refractivity contribution >= 4 is 0 Å². The summed E-state index contributed by atoms with van der Waals surface area (Å²) < 4.78 is 5.32. The van der Waals surface area contributed by atoms with Crippen LogP contribution in [0.25, 0.3) is 0 Å². The van der Waals surface area contributed by atoms with E-state index >= 15 is 0 Å². The molecule has 0 heterocycles. The lowest BCUT2D eigenvalue weighted by molar-refractivity contribution is 0.0154. The Labute approximate surface area is 113 Å². The van der Waals surface area contributed by atoms with Gasteiger partial charge in [-0.1, -0.05) is 20.8 Å². The highest BCUT2D eigenvalue weighted by molar-refractivity contribution is 4.87. The zero-order valence-corrected chi connectivity index (χ0v) is 12.7. The standard InChI is InChI=1S/C16H31NO/c1-16(2,3)13-7-5-12(6-8-13)11-17-14-9-15(10-14)18-4/h12-15,17H,5-11H2,1-4H3. The molecule has 2 rings (SSSR count). The molecule has 0 atom stereocenters. The second kappa shape index (κ2) is 5.92. The lowest BCUT2D eigenvalue weighted by Gasteiger charge is -2.39. The summed E-state index contributed by atoms with van der Waals surface area (Å²) in [5.74, 6) is 1.86. The molecule has 18 heavy (non-hydrogen) atoms. The van der Waals surface area contributed by atoms with E-state index in [0.717, 1.165) is 17.9 Å². The average Bonchev–Trinajstić information content (AvgIpc) is 2.27. The molecule has 0 amide bonds. The van der Waals surface area contributed by atoms with E-state index < -0.39 is 0 Å². The Hall–Kier alpha value is -0.0800. The molecule has 0 aromatic heterocycles. The van der Waals surface area contributed by atoms with Crippen LogP contribution in [0.2, 0.25) is 0 Å². The van der Waals surface area contributed by atoms with Crippen molar-refractivity contribution in [1.82, 2.24) is 5.32 Å². The maximum atomic E-state index is 5.32. The van der Waals surface area contributed by atoms with E-state index in [1.54, 1.807) is 0 Å². The maximum Gasteiger partial charge on any atom is 0.0601 e. The van der Waals surface area contributed by atoms with E-state index in [0.29, 0.717) is 11.5 Å². The number of hydrogen-bond donors (Lipinski definition) is 1. The molecule has 2 aliphatic rings. The van der Waals surface area contributed by atoms with Crippen LogP contribution >= 0.6 is 0 Å². The molecule has 2 aliphatic carbocycles. The minimum Gasteiger partial charge on any atom is -0.381 e. The van der Waals surface area contributed by atoms with Crippen LogP contribution < -0.4 is 5.32 Å². The number of methoxy groups -OCH3 is 1. The topological polar surface area (TPSA) is 21.3 Å². The first kappa shape index (κ1) is 14.3. The second-order valence-corrected chi connectivity index (χ2v) is 7.52. The molecular weight excluding hydrogens is 222 g/mol. The third-order valence-corrected chi connectivity index (χ3v) is 5.19. The summed E-state index contributed by atoms with van der Waals surface area (Å²) in [5, 5.41) is 3.73. The summed E-state index contributed by atoms with van der Waals surface area (Å²) in [6.07, 6.45) is 8.67. The smallest absolute Gasteiger partial charge is 0.0601 e. The molecule has 0 aromatic rings. The van der Waals surface area contributed by atoms with Gasteiger partial charge in [0.25, 0.3) is 0 Å². The zero-order valence-electron chi connectivity index (χ0n) is 12.7. The summed E-state index contributed by atoms with van der Waals surface area (Å²) in [6.45, 7) is 8.43. The van der Waals surface area contributed by atoms with Crippen molar-refractivity contribution < 1.29 is 4.74 Å². The predicted molar refractivity (Wildman–Crippen MR) is 76.7 cm³/mol. The van der Waals surface area contributed by atoms with E-state index in [1.807, 2.05) is 7.11 Å². The minimum atomic E-state index is 0.512. The SMILES string of the molecule is COC1CC(NCC2CCC(C(C)(C)C)CC2)C1. The van der Waals surface area contributed by atoms with Crippen LogP contribution in [0.3, 0.4) is 0 Å². The van der Waals surface area contributed by atoms with Crippen molar-refractivity contribution in [2.75, 3.05) is 13.7 Å². The van der Waals surface area contributed by atoms with Crippen LogP contribution in [0.4, 0.5) is 0 Å². The molecule has 2 fully saturated rings. The molecule has 2 saturated carbocycles. The normalized spacial score (nSPS) is 37.3. The van der Waals surface area contributed by atoms with E-state index in [-0.39, 0.29) is 0 Å². The third-order valence-electron chi connectivity index (χ3n) is 5.19. The van der Waals surface area contributed by atoms with E-state index in [9.17, 15) is 0 Å². The van der Waals surface area contributed by atoms with Gasteiger partial charge in [-0.25, -0.2) is 0 Å². The molecule has 0 aromatic carbocycles. The molecule has 2 nitrogen and oxygen atoms in total. The molecular formula is C16H31NO. The van der Waals surface area contributed by atoms with E-state index in [4.69, 9.17) is 4.74 Å². The van der Waals surface area contributed by atoms with Crippen molar-refractivity contribution in [2.24, 2.45) is 17.3 Å². The van der Waals surface area contributed by atoms with Gasteiger partial charge in [0.2, 0.25) is 0 Å². The van der Waals surface area contributed by atoms with Gasteiger partial charge >= 0.3 is 0 Å². The quantitative estimate of drug-likeness (QED) is 0.826. The molecule has 1 N–H and O–H groups in total. The highest BCUT2D eigenvalue weighted by Gasteiger charge is 2.32. The van der Waals surface area contributed by atoms with Crippen LogP contribution in [-0.4, -0.2) is 25.8 Å². The fourth-order valence-electron chi connectivity index (χ4n) is 3.49. The minimum absolute atomic E-state index is 0.512. The molecule has 0 saturated heterocycles. The fourth-order valence-corrected chi connectivity index (χ4v) is 3.49. The number of rotatable bonds is 4. The van der Waals surface area contributed by atoms with Gasteiger partial charge in [0.1, 0.15) is 0 Å². The summed E-state index contributed by atoms with van der Waals surface area (Å²) in [7, 11) is 1.83. The lowest BCUT2D eigenvalue weighted by atomic mass is 9.70. The number of hydrogen-bond acceptors (Lipinski definition) is 2. The monoisotopic (exact) mass is 253 g/mol. The largest absolute Gasteiger partial charge is 0.381 e. The lowest BCUT2D eigenvalue weighted by Crippen LogP contribution is -2.46. The third kappa shape index (κ3) is 3.71. The Morgan fingerprint density at radius 3 is 2.17 bits per heavy atom. The van der Waals surface area contributed by atoms with Crippen LogP contribution in [0.5, 0.6) is 0 Å². The number of ether oxygens (including phenoxy) is 1. The molecule has 106 valence electrons. The Morgan fingerprint density at radius 1 is 1.06 bits per heavy atom. The molecule has 0 unspecified atom stereocenters. The zero-order chi connectivity index (χ0) is 13.2.